The molecule has 1 unspecified atom stereocenters. The first kappa shape index (κ1) is 22.5. The van der Waals surface area contributed by atoms with Crippen molar-refractivity contribution in [2.75, 3.05) is 25.3 Å². The fourth-order valence-electron chi connectivity index (χ4n) is 2.91. The number of aromatic nitrogens is 1. The number of nitrogens with one attached hydrogen (secondary N) is 1. The zero-order chi connectivity index (χ0) is 23.3. The van der Waals surface area contributed by atoms with Crippen LogP contribution in [0.25, 0.3) is 11.3 Å². The second kappa shape index (κ2) is 9.77. The first-order chi connectivity index (χ1) is 15.4. The molecule has 1 amide bonds. The molecule has 0 spiro atoms. The molecular weight excluding hydrogens is 430 g/mol. The van der Waals surface area contributed by atoms with Crippen molar-refractivity contribution in [3.8, 4) is 35.0 Å². The Bertz CT molecular complexity index is 1230. The standard InChI is InChI=1S/C22H19N5O4S/c1-12(21(28)26-16-7-6-13(29-2)9-18(16)30-3)32-22-15(11-24)19(17-5-4-8-31-17)14(10-23)20(25)27-22/h4-9,12H,1-3H3,(H2,25,27)(H,26,28). The number of furan rings is 1. The van der Waals surface area contributed by atoms with Gasteiger partial charge in [0, 0.05) is 6.07 Å². The van der Waals surface area contributed by atoms with E-state index in [0.29, 0.717) is 22.9 Å². The first-order valence-electron chi connectivity index (χ1n) is 9.30. The van der Waals surface area contributed by atoms with E-state index in [1.165, 1.54) is 20.5 Å². The molecule has 3 N–H and O–H groups in total. The number of thioether (sulfide) groups is 1. The molecule has 32 heavy (non-hydrogen) atoms. The highest BCUT2D eigenvalue weighted by Gasteiger charge is 2.25. The van der Waals surface area contributed by atoms with Crippen LogP contribution in [-0.2, 0) is 4.79 Å². The van der Waals surface area contributed by atoms with Crippen LogP contribution in [0.4, 0.5) is 11.5 Å². The number of hydrogen-bond donors (Lipinski definition) is 2. The molecule has 1 aromatic carbocycles. The molecule has 162 valence electrons. The summed E-state index contributed by atoms with van der Waals surface area (Å²) in [6, 6.07) is 12.3. The van der Waals surface area contributed by atoms with Crippen molar-refractivity contribution >= 4 is 29.2 Å². The number of anilines is 2. The van der Waals surface area contributed by atoms with Gasteiger partial charge in [0.25, 0.3) is 0 Å². The van der Waals surface area contributed by atoms with Crippen LogP contribution in [0.1, 0.15) is 18.1 Å². The molecule has 0 aliphatic heterocycles. The summed E-state index contributed by atoms with van der Waals surface area (Å²) in [6.45, 7) is 1.67. The molecule has 0 bridgehead atoms. The van der Waals surface area contributed by atoms with Gasteiger partial charge in [0.1, 0.15) is 45.8 Å². The number of nitrogen functional groups attached to an aromatic ring is 1. The summed E-state index contributed by atoms with van der Waals surface area (Å²) in [5.74, 6) is 0.947. The van der Waals surface area contributed by atoms with Crippen LogP contribution in [0, 0.1) is 22.7 Å². The highest BCUT2D eigenvalue weighted by Crippen LogP contribution is 2.37. The zero-order valence-corrected chi connectivity index (χ0v) is 18.3. The summed E-state index contributed by atoms with van der Waals surface area (Å²) >= 11 is 1.05. The number of amides is 1. The Balaban J connectivity index is 1.91. The fourth-order valence-corrected chi connectivity index (χ4v) is 3.83. The van der Waals surface area contributed by atoms with E-state index in [0.717, 1.165) is 11.8 Å². The molecule has 2 aromatic heterocycles. The first-order valence-corrected chi connectivity index (χ1v) is 10.2. The Hall–Kier alpha value is -4.15. The Morgan fingerprint density at radius 1 is 1.22 bits per heavy atom. The molecule has 0 fully saturated rings. The third kappa shape index (κ3) is 4.46. The number of benzene rings is 1. The predicted molar refractivity (Wildman–Crippen MR) is 119 cm³/mol. The van der Waals surface area contributed by atoms with Crippen molar-refractivity contribution in [2.24, 2.45) is 0 Å². The molecule has 0 saturated carbocycles. The van der Waals surface area contributed by atoms with Gasteiger partial charge in [-0.05, 0) is 31.2 Å². The summed E-state index contributed by atoms with van der Waals surface area (Å²) < 4.78 is 15.9. The lowest BCUT2D eigenvalue weighted by atomic mass is 10.0. The predicted octanol–water partition coefficient (Wildman–Crippen LogP) is 3.80. The van der Waals surface area contributed by atoms with E-state index in [4.69, 9.17) is 19.6 Å². The van der Waals surface area contributed by atoms with E-state index in [1.54, 1.807) is 37.3 Å². The van der Waals surface area contributed by atoms with Gasteiger partial charge in [0.2, 0.25) is 5.91 Å². The quantitative estimate of drug-likeness (QED) is 0.514. The molecule has 9 nitrogen and oxygen atoms in total. The summed E-state index contributed by atoms with van der Waals surface area (Å²) in [7, 11) is 3.02. The lowest BCUT2D eigenvalue weighted by molar-refractivity contribution is -0.115. The third-order valence-corrected chi connectivity index (χ3v) is 5.59. The topological polar surface area (TPSA) is 147 Å². The molecule has 2 heterocycles. The number of nitriles is 2. The van der Waals surface area contributed by atoms with Gasteiger partial charge < -0.3 is 24.9 Å². The van der Waals surface area contributed by atoms with Crippen LogP contribution in [-0.4, -0.2) is 30.4 Å². The number of carbonyl (C=O) groups is 1. The van der Waals surface area contributed by atoms with Crippen LogP contribution in [0.3, 0.4) is 0 Å². The number of methoxy groups -OCH3 is 2. The van der Waals surface area contributed by atoms with Crippen LogP contribution in [0.15, 0.2) is 46.0 Å². The van der Waals surface area contributed by atoms with Crippen LogP contribution in [0.5, 0.6) is 11.5 Å². The molecule has 1 atom stereocenters. The van der Waals surface area contributed by atoms with Crippen molar-refractivity contribution in [2.45, 2.75) is 17.2 Å². The average molecular weight is 449 g/mol. The van der Waals surface area contributed by atoms with Gasteiger partial charge in [-0.2, -0.15) is 10.5 Å². The zero-order valence-electron chi connectivity index (χ0n) is 17.5. The van der Waals surface area contributed by atoms with Gasteiger partial charge in [-0.25, -0.2) is 4.98 Å². The van der Waals surface area contributed by atoms with E-state index in [1.807, 2.05) is 6.07 Å². The van der Waals surface area contributed by atoms with Crippen molar-refractivity contribution < 1.29 is 18.7 Å². The Morgan fingerprint density at radius 3 is 2.56 bits per heavy atom. The number of rotatable bonds is 7. The highest BCUT2D eigenvalue weighted by atomic mass is 32.2. The van der Waals surface area contributed by atoms with E-state index >= 15 is 0 Å². The second-order valence-corrected chi connectivity index (χ2v) is 7.77. The minimum absolute atomic E-state index is 0.0425. The summed E-state index contributed by atoms with van der Waals surface area (Å²) in [5, 5.41) is 21.7. The fraction of sp³-hybridized carbons (Fsp3) is 0.182. The molecule has 3 aromatic rings. The maximum Gasteiger partial charge on any atom is 0.237 e. The second-order valence-electron chi connectivity index (χ2n) is 6.44. The van der Waals surface area contributed by atoms with Gasteiger partial charge >= 0.3 is 0 Å². The third-order valence-electron chi connectivity index (χ3n) is 4.51. The van der Waals surface area contributed by atoms with E-state index in [2.05, 4.69) is 16.4 Å². The van der Waals surface area contributed by atoms with Crippen LogP contribution in [0.2, 0.25) is 0 Å². The van der Waals surface area contributed by atoms with Crippen LogP contribution < -0.4 is 20.5 Å². The maximum atomic E-state index is 12.8. The van der Waals surface area contributed by atoms with E-state index in [-0.39, 0.29) is 33.4 Å². The Kier molecular flexibility index (Phi) is 6.88. The summed E-state index contributed by atoms with van der Waals surface area (Å²) in [4.78, 5) is 17.0. The minimum Gasteiger partial charge on any atom is -0.497 e. The molecular formula is C22H19N5O4S. The SMILES string of the molecule is COc1ccc(NC(=O)C(C)Sc2nc(N)c(C#N)c(-c3ccco3)c2C#N)c(OC)c1. The van der Waals surface area contributed by atoms with Gasteiger partial charge in [-0.15, -0.1) is 0 Å². The molecule has 0 aliphatic carbocycles. The molecule has 0 radical (unpaired) electrons. The smallest absolute Gasteiger partial charge is 0.237 e. The van der Waals surface area contributed by atoms with E-state index in [9.17, 15) is 15.3 Å². The molecule has 3 rings (SSSR count). The van der Waals surface area contributed by atoms with Crippen molar-refractivity contribution in [3.05, 3.63) is 47.7 Å². The Labute approximate surface area is 188 Å². The largest absolute Gasteiger partial charge is 0.497 e. The van der Waals surface area contributed by atoms with Gasteiger partial charge in [-0.3, -0.25) is 4.79 Å². The number of pyridine rings is 1. The molecule has 0 saturated heterocycles. The molecule has 10 heteroatoms. The monoisotopic (exact) mass is 449 g/mol. The van der Waals surface area contributed by atoms with Gasteiger partial charge in [0.15, 0.2) is 0 Å². The Morgan fingerprint density at radius 2 is 1.97 bits per heavy atom. The van der Waals surface area contributed by atoms with Crippen LogP contribution >= 0.6 is 11.8 Å². The van der Waals surface area contributed by atoms with Gasteiger partial charge in [0.05, 0.1) is 42.5 Å². The summed E-state index contributed by atoms with van der Waals surface area (Å²) in [6.07, 6.45) is 1.43. The van der Waals surface area contributed by atoms with E-state index < -0.39 is 5.25 Å². The number of nitrogens with zero attached hydrogens (tertiary/aromatic N) is 3. The van der Waals surface area contributed by atoms with Crippen molar-refractivity contribution in [3.63, 3.8) is 0 Å². The lowest BCUT2D eigenvalue weighted by Crippen LogP contribution is -2.23. The number of carbonyl (C=O) groups excluding carboxylic acids is 1. The van der Waals surface area contributed by atoms with Crippen molar-refractivity contribution in [1.82, 2.24) is 4.98 Å². The minimum atomic E-state index is -0.654. The average Bonchev–Trinajstić information content (AvgIpc) is 3.33. The highest BCUT2D eigenvalue weighted by molar-refractivity contribution is 8.00. The summed E-state index contributed by atoms with van der Waals surface area (Å²) in [5.41, 5.74) is 6.84. The number of hydrogen-bond acceptors (Lipinski definition) is 9. The number of nitrogens with two attached hydrogens (primary N) is 1. The van der Waals surface area contributed by atoms with Crippen molar-refractivity contribution in [1.29, 1.82) is 10.5 Å². The lowest BCUT2D eigenvalue weighted by Gasteiger charge is -2.16. The molecule has 0 aliphatic rings. The van der Waals surface area contributed by atoms with Gasteiger partial charge in [-0.1, -0.05) is 11.8 Å². The maximum absolute atomic E-state index is 12.8. The number of ether oxygens (including phenoxy) is 2. The normalized spacial score (nSPS) is 11.2.